The Hall–Kier alpha value is -1.33. The SMILES string of the molecule is Cl.Cn1cc2c(n1)-c1c3c(nn1CCC2)CCNC3. The molecule has 4 rings (SSSR count). The molecule has 4 heterocycles. The molecule has 0 aliphatic carbocycles. The van der Waals surface area contributed by atoms with Gasteiger partial charge in [-0.1, -0.05) is 0 Å². The van der Waals surface area contributed by atoms with Crippen LogP contribution in [0.25, 0.3) is 11.4 Å². The van der Waals surface area contributed by atoms with Crippen LogP contribution >= 0.6 is 12.4 Å². The van der Waals surface area contributed by atoms with Crippen molar-refractivity contribution in [3.05, 3.63) is 23.0 Å². The summed E-state index contributed by atoms with van der Waals surface area (Å²) >= 11 is 0. The number of fused-ring (bicyclic) bond motifs is 5. The Kier molecular flexibility index (Phi) is 3.11. The van der Waals surface area contributed by atoms with Crippen molar-refractivity contribution in [2.45, 2.75) is 32.4 Å². The minimum absolute atomic E-state index is 0. The van der Waals surface area contributed by atoms with Gasteiger partial charge in [0.2, 0.25) is 0 Å². The summed E-state index contributed by atoms with van der Waals surface area (Å²) in [6, 6.07) is 0. The molecule has 6 heteroatoms. The highest BCUT2D eigenvalue weighted by Crippen LogP contribution is 2.32. The quantitative estimate of drug-likeness (QED) is 0.791. The molecule has 2 aromatic rings. The number of aryl methyl sites for hydroxylation is 3. The van der Waals surface area contributed by atoms with Crippen molar-refractivity contribution >= 4 is 12.4 Å². The Bertz CT molecular complexity index is 613. The van der Waals surface area contributed by atoms with Gasteiger partial charge in [-0.2, -0.15) is 10.2 Å². The van der Waals surface area contributed by atoms with Gasteiger partial charge in [0.25, 0.3) is 0 Å². The Labute approximate surface area is 118 Å². The number of halogens is 1. The first-order chi connectivity index (χ1) is 8.83. The van der Waals surface area contributed by atoms with Gasteiger partial charge in [-0.25, -0.2) is 0 Å². The number of rotatable bonds is 0. The fourth-order valence-electron chi connectivity index (χ4n) is 3.12. The summed E-state index contributed by atoms with van der Waals surface area (Å²) < 4.78 is 4.10. The third-order valence-electron chi connectivity index (χ3n) is 3.92. The lowest BCUT2D eigenvalue weighted by atomic mass is 10.0. The van der Waals surface area contributed by atoms with E-state index in [1.807, 2.05) is 11.7 Å². The van der Waals surface area contributed by atoms with Crippen LogP contribution in [0.1, 0.15) is 23.2 Å². The summed E-state index contributed by atoms with van der Waals surface area (Å²) in [5, 5.41) is 12.9. The van der Waals surface area contributed by atoms with Crippen LogP contribution in [0.4, 0.5) is 0 Å². The average molecular weight is 280 g/mol. The fraction of sp³-hybridized carbons (Fsp3) is 0.538. The molecule has 1 N–H and O–H groups in total. The molecular formula is C13H18ClN5. The van der Waals surface area contributed by atoms with Crippen molar-refractivity contribution in [2.24, 2.45) is 7.05 Å². The van der Waals surface area contributed by atoms with Crippen LogP contribution in [0, 0.1) is 0 Å². The van der Waals surface area contributed by atoms with Crippen LogP contribution in [0.15, 0.2) is 6.20 Å². The monoisotopic (exact) mass is 279 g/mol. The van der Waals surface area contributed by atoms with Crippen molar-refractivity contribution < 1.29 is 0 Å². The highest BCUT2D eigenvalue weighted by molar-refractivity contribution is 5.85. The molecule has 0 amide bonds. The van der Waals surface area contributed by atoms with Gasteiger partial charge in [0.1, 0.15) is 5.69 Å². The normalized spacial score (nSPS) is 16.9. The van der Waals surface area contributed by atoms with Gasteiger partial charge in [0, 0.05) is 44.9 Å². The van der Waals surface area contributed by atoms with E-state index in [-0.39, 0.29) is 12.4 Å². The van der Waals surface area contributed by atoms with Crippen LogP contribution in [0.5, 0.6) is 0 Å². The van der Waals surface area contributed by atoms with Crippen LogP contribution in [0.2, 0.25) is 0 Å². The second-order valence-electron chi connectivity index (χ2n) is 5.20. The van der Waals surface area contributed by atoms with Gasteiger partial charge in [0.05, 0.1) is 11.4 Å². The topological polar surface area (TPSA) is 47.7 Å². The third kappa shape index (κ3) is 1.88. The first-order valence-electron chi connectivity index (χ1n) is 6.65. The summed E-state index contributed by atoms with van der Waals surface area (Å²) in [7, 11) is 2.00. The molecule has 2 aliphatic rings. The summed E-state index contributed by atoms with van der Waals surface area (Å²) in [5.41, 5.74) is 6.40. The van der Waals surface area contributed by atoms with Crippen LogP contribution in [-0.2, 0) is 33.0 Å². The smallest absolute Gasteiger partial charge is 0.114 e. The zero-order valence-electron chi connectivity index (χ0n) is 11.0. The summed E-state index contributed by atoms with van der Waals surface area (Å²) in [6.07, 6.45) is 5.45. The van der Waals surface area contributed by atoms with Gasteiger partial charge in [-0.3, -0.25) is 9.36 Å². The van der Waals surface area contributed by atoms with E-state index in [0.717, 1.165) is 44.6 Å². The van der Waals surface area contributed by atoms with Gasteiger partial charge in [-0.15, -0.1) is 12.4 Å². The molecule has 102 valence electrons. The molecule has 0 saturated carbocycles. The van der Waals surface area contributed by atoms with E-state index < -0.39 is 0 Å². The van der Waals surface area contributed by atoms with Crippen LogP contribution < -0.4 is 5.32 Å². The molecule has 0 bridgehead atoms. The molecule has 0 aromatic carbocycles. The number of nitrogens with one attached hydrogen (secondary N) is 1. The molecule has 0 radical (unpaired) electrons. The second kappa shape index (κ2) is 4.65. The van der Waals surface area contributed by atoms with Gasteiger partial charge >= 0.3 is 0 Å². The van der Waals surface area contributed by atoms with Gasteiger partial charge in [0.15, 0.2) is 0 Å². The second-order valence-corrected chi connectivity index (χ2v) is 5.20. The minimum atomic E-state index is 0. The maximum Gasteiger partial charge on any atom is 0.114 e. The standard InChI is InChI=1S/C13H17N5.ClH/c1-17-8-9-3-2-6-18-13(12(9)16-17)10-7-14-5-4-11(10)15-18;/h8,14H,2-7H2,1H3;1H. The lowest BCUT2D eigenvalue weighted by Gasteiger charge is -2.12. The lowest BCUT2D eigenvalue weighted by Crippen LogP contribution is -2.23. The highest BCUT2D eigenvalue weighted by atomic mass is 35.5. The third-order valence-corrected chi connectivity index (χ3v) is 3.92. The molecule has 0 fully saturated rings. The van der Waals surface area contributed by atoms with Crippen LogP contribution in [0.3, 0.4) is 0 Å². The summed E-state index contributed by atoms with van der Waals surface area (Å²) in [5.74, 6) is 0. The molecule has 19 heavy (non-hydrogen) atoms. The molecule has 2 aromatic heterocycles. The zero-order valence-corrected chi connectivity index (χ0v) is 11.8. The van der Waals surface area contributed by atoms with Crippen molar-refractivity contribution in [3.63, 3.8) is 0 Å². The molecule has 0 saturated heterocycles. The Morgan fingerprint density at radius 3 is 3.05 bits per heavy atom. The Morgan fingerprint density at radius 1 is 1.26 bits per heavy atom. The predicted octanol–water partition coefficient (Wildman–Crippen LogP) is 1.30. The summed E-state index contributed by atoms with van der Waals surface area (Å²) in [4.78, 5) is 0. The predicted molar refractivity (Wildman–Crippen MR) is 75.4 cm³/mol. The van der Waals surface area contributed by atoms with E-state index in [2.05, 4.69) is 21.3 Å². The first kappa shape index (κ1) is 12.7. The molecule has 0 atom stereocenters. The number of aromatic nitrogens is 4. The Morgan fingerprint density at radius 2 is 2.16 bits per heavy atom. The van der Waals surface area contributed by atoms with E-state index in [0.29, 0.717) is 0 Å². The molecule has 5 nitrogen and oxygen atoms in total. The maximum atomic E-state index is 4.79. The van der Waals surface area contributed by atoms with Crippen molar-refractivity contribution in [3.8, 4) is 11.4 Å². The number of hydrogen-bond donors (Lipinski definition) is 1. The highest BCUT2D eigenvalue weighted by Gasteiger charge is 2.26. The van der Waals surface area contributed by atoms with E-state index in [1.165, 1.54) is 22.5 Å². The van der Waals surface area contributed by atoms with Crippen molar-refractivity contribution in [2.75, 3.05) is 6.54 Å². The molecule has 0 spiro atoms. The zero-order chi connectivity index (χ0) is 12.1. The van der Waals surface area contributed by atoms with E-state index in [4.69, 9.17) is 5.10 Å². The van der Waals surface area contributed by atoms with E-state index >= 15 is 0 Å². The van der Waals surface area contributed by atoms with Gasteiger partial charge in [-0.05, 0) is 18.4 Å². The van der Waals surface area contributed by atoms with Crippen molar-refractivity contribution in [1.29, 1.82) is 0 Å². The van der Waals surface area contributed by atoms with Gasteiger partial charge < -0.3 is 5.32 Å². The van der Waals surface area contributed by atoms with Crippen molar-refractivity contribution in [1.82, 2.24) is 24.9 Å². The molecule has 0 unspecified atom stereocenters. The summed E-state index contributed by atoms with van der Waals surface area (Å²) in [6.45, 7) is 2.99. The average Bonchev–Trinajstić information content (AvgIpc) is 2.85. The Balaban J connectivity index is 0.00000110. The fourth-order valence-corrected chi connectivity index (χ4v) is 3.12. The minimum Gasteiger partial charge on any atom is -0.312 e. The molecule has 2 aliphatic heterocycles. The maximum absolute atomic E-state index is 4.79. The van der Waals surface area contributed by atoms with E-state index in [1.54, 1.807) is 0 Å². The largest absolute Gasteiger partial charge is 0.312 e. The number of nitrogens with zero attached hydrogens (tertiary/aromatic N) is 4. The van der Waals surface area contributed by atoms with E-state index in [9.17, 15) is 0 Å². The first-order valence-corrected chi connectivity index (χ1v) is 6.65. The molecular weight excluding hydrogens is 262 g/mol. The lowest BCUT2D eigenvalue weighted by molar-refractivity contribution is 0.578. The number of hydrogen-bond acceptors (Lipinski definition) is 3. The van der Waals surface area contributed by atoms with Crippen LogP contribution in [-0.4, -0.2) is 26.1 Å².